The van der Waals surface area contributed by atoms with Crippen LogP contribution in [-0.4, -0.2) is 49.5 Å². The lowest BCUT2D eigenvalue weighted by Gasteiger charge is -2.35. The predicted molar refractivity (Wildman–Crippen MR) is 111 cm³/mol. The lowest BCUT2D eigenvalue weighted by atomic mass is 10.1. The normalized spacial score (nSPS) is 14.9. The molecule has 0 unspecified atom stereocenters. The Labute approximate surface area is 160 Å². The molecule has 0 bridgehead atoms. The van der Waals surface area contributed by atoms with Crippen LogP contribution in [0, 0.1) is 0 Å². The molecule has 6 heteroatoms. The smallest absolute Gasteiger partial charge is 0.244 e. The minimum absolute atomic E-state index is 0.00814. The number of aliphatic imine (C=N–C) groups is 1. The molecule has 1 amide bonds. The van der Waals surface area contributed by atoms with Gasteiger partial charge < -0.3 is 20.9 Å². The second kappa shape index (κ2) is 9.07. The molecule has 6 nitrogen and oxygen atoms in total. The Bertz CT molecular complexity index is 765. The molecule has 1 aliphatic rings. The molecule has 0 radical (unpaired) electrons. The largest absolute Gasteiger partial charge is 0.370 e. The van der Waals surface area contributed by atoms with Crippen LogP contribution in [-0.2, 0) is 11.2 Å². The molecule has 2 aromatic carbocycles. The number of carbonyl (C=O) groups excluding carboxylic acids is 1. The zero-order chi connectivity index (χ0) is 19.1. The molecule has 27 heavy (non-hydrogen) atoms. The molecular formula is C21H27N5O. The second-order valence-electron chi connectivity index (χ2n) is 6.58. The minimum atomic E-state index is 0.00814. The second-order valence-corrected chi connectivity index (χ2v) is 6.58. The fourth-order valence-electron chi connectivity index (χ4n) is 3.12. The minimum Gasteiger partial charge on any atom is -0.370 e. The summed E-state index contributed by atoms with van der Waals surface area (Å²) in [5.41, 5.74) is 9.25. The van der Waals surface area contributed by atoms with Crippen LogP contribution < -0.4 is 16.0 Å². The van der Waals surface area contributed by atoms with E-state index < -0.39 is 0 Å². The van der Waals surface area contributed by atoms with Gasteiger partial charge in [0.05, 0.1) is 0 Å². The lowest BCUT2D eigenvalue weighted by molar-refractivity contribution is -0.129. The third kappa shape index (κ3) is 5.23. The van der Waals surface area contributed by atoms with E-state index in [0.29, 0.717) is 13.1 Å². The summed E-state index contributed by atoms with van der Waals surface area (Å²) in [6.45, 7) is 5.25. The number of anilines is 2. The van der Waals surface area contributed by atoms with Crippen molar-refractivity contribution in [3.63, 3.8) is 0 Å². The third-order valence-corrected chi connectivity index (χ3v) is 4.77. The molecule has 1 fully saturated rings. The first-order valence-corrected chi connectivity index (χ1v) is 9.39. The molecule has 3 N–H and O–H groups in total. The summed E-state index contributed by atoms with van der Waals surface area (Å²) >= 11 is 0. The van der Waals surface area contributed by atoms with E-state index in [9.17, 15) is 4.79 Å². The number of nitrogens with zero attached hydrogens (tertiary/aromatic N) is 3. The summed E-state index contributed by atoms with van der Waals surface area (Å²) in [4.78, 5) is 20.7. The van der Waals surface area contributed by atoms with Crippen LogP contribution >= 0.6 is 0 Å². The van der Waals surface area contributed by atoms with E-state index in [1.165, 1.54) is 11.3 Å². The van der Waals surface area contributed by atoms with Crippen molar-refractivity contribution in [2.45, 2.75) is 13.3 Å². The summed E-state index contributed by atoms with van der Waals surface area (Å²) < 4.78 is 0. The quantitative estimate of drug-likeness (QED) is 0.630. The lowest BCUT2D eigenvalue weighted by Crippen LogP contribution is -2.49. The number of aryl methyl sites for hydroxylation is 1. The number of para-hydroxylation sites is 1. The third-order valence-electron chi connectivity index (χ3n) is 4.77. The van der Waals surface area contributed by atoms with Crippen molar-refractivity contribution < 1.29 is 4.79 Å². The van der Waals surface area contributed by atoms with Gasteiger partial charge in [0.2, 0.25) is 5.91 Å². The van der Waals surface area contributed by atoms with E-state index >= 15 is 0 Å². The Morgan fingerprint density at radius 3 is 2.33 bits per heavy atom. The average Bonchev–Trinajstić information content (AvgIpc) is 2.73. The zero-order valence-corrected chi connectivity index (χ0v) is 15.8. The topological polar surface area (TPSA) is 74.0 Å². The zero-order valence-electron chi connectivity index (χ0n) is 15.8. The molecule has 0 aliphatic carbocycles. The highest BCUT2D eigenvalue weighted by atomic mass is 16.2. The molecule has 1 heterocycles. The predicted octanol–water partition coefficient (Wildman–Crippen LogP) is 2.32. The van der Waals surface area contributed by atoms with Gasteiger partial charge in [0, 0.05) is 37.6 Å². The van der Waals surface area contributed by atoms with E-state index in [0.717, 1.165) is 25.2 Å². The van der Waals surface area contributed by atoms with Crippen LogP contribution in [0.5, 0.6) is 0 Å². The van der Waals surface area contributed by atoms with Crippen molar-refractivity contribution in [3.8, 4) is 0 Å². The Morgan fingerprint density at radius 2 is 1.70 bits per heavy atom. The van der Waals surface area contributed by atoms with Crippen LogP contribution in [0.15, 0.2) is 59.6 Å². The van der Waals surface area contributed by atoms with E-state index in [1.54, 1.807) is 0 Å². The van der Waals surface area contributed by atoms with Gasteiger partial charge in [0.25, 0.3) is 0 Å². The Hall–Kier alpha value is -3.02. The van der Waals surface area contributed by atoms with E-state index in [-0.39, 0.29) is 18.4 Å². The van der Waals surface area contributed by atoms with Gasteiger partial charge in [-0.15, -0.1) is 0 Å². The maximum Gasteiger partial charge on any atom is 0.244 e. The van der Waals surface area contributed by atoms with E-state index in [4.69, 9.17) is 5.73 Å². The first-order valence-electron chi connectivity index (χ1n) is 9.39. The summed E-state index contributed by atoms with van der Waals surface area (Å²) in [6, 6.07) is 18.3. The van der Waals surface area contributed by atoms with Gasteiger partial charge in [-0.3, -0.25) is 4.79 Å². The van der Waals surface area contributed by atoms with E-state index in [1.807, 2.05) is 47.4 Å². The number of piperazine rings is 1. The molecule has 142 valence electrons. The first kappa shape index (κ1) is 18.8. The van der Waals surface area contributed by atoms with Gasteiger partial charge in [0.1, 0.15) is 6.54 Å². The van der Waals surface area contributed by atoms with E-state index in [2.05, 4.69) is 34.3 Å². The number of rotatable bonds is 5. The van der Waals surface area contributed by atoms with Crippen molar-refractivity contribution in [1.29, 1.82) is 0 Å². The molecule has 0 saturated carbocycles. The summed E-state index contributed by atoms with van der Waals surface area (Å²) in [5, 5.41) is 3.03. The number of guanidine groups is 1. The summed E-state index contributed by atoms with van der Waals surface area (Å²) in [5.74, 6) is 0.268. The standard InChI is InChI=1S/C21H27N5O/c1-2-17-8-10-18(11-9-17)24-21(22)23-16-20(27)26-14-12-25(13-15-26)19-6-4-3-5-7-19/h3-11H,2,12-16H2,1H3,(H3,22,23,24). The Morgan fingerprint density at radius 1 is 1.04 bits per heavy atom. The number of nitrogens with two attached hydrogens (primary N) is 1. The van der Waals surface area contributed by atoms with Crippen LogP contribution in [0.1, 0.15) is 12.5 Å². The molecule has 1 saturated heterocycles. The number of hydrogen-bond acceptors (Lipinski definition) is 3. The Kier molecular flexibility index (Phi) is 6.30. The molecule has 0 spiro atoms. The first-order chi connectivity index (χ1) is 13.2. The summed E-state index contributed by atoms with van der Waals surface area (Å²) in [6.07, 6.45) is 0.996. The molecule has 2 aromatic rings. The van der Waals surface area contributed by atoms with Gasteiger partial charge in [-0.2, -0.15) is 0 Å². The molecule has 3 rings (SSSR count). The average molecular weight is 365 g/mol. The summed E-state index contributed by atoms with van der Waals surface area (Å²) in [7, 11) is 0. The van der Waals surface area contributed by atoms with Crippen molar-refractivity contribution in [2.75, 3.05) is 42.9 Å². The molecule has 0 aromatic heterocycles. The van der Waals surface area contributed by atoms with Crippen molar-refractivity contribution >= 4 is 23.2 Å². The van der Waals surface area contributed by atoms with Crippen LogP contribution in [0.2, 0.25) is 0 Å². The number of nitrogens with one attached hydrogen (secondary N) is 1. The van der Waals surface area contributed by atoms with Crippen molar-refractivity contribution in [1.82, 2.24) is 4.90 Å². The highest BCUT2D eigenvalue weighted by Gasteiger charge is 2.20. The van der Waals surface area contributed by atoms with Gasteiger partial charge >= 0.3 is 0 Å². The van der Waals surface area contributed by atoms with Gasteiger partial charge in [0.15, 0.2) is 5.96 Å². The van der Waals surface area contributed by atoms with Crippen molar-refractivity contribution in [2.24, 2.45) is 10.7 Å². The number of benzene rings is 2. The highest BCUT2D eigenvalue weighted by Crippen LogP contribution is 2.15. The van der Waals surface area contributed by atoms with Crippen molar-refractivity contribution in [3.05, 3.63) is 60.2 Å². The van der Waals surface area contributed by atoms with Crippen LogP contribution in [0.3, 0.4) is 0 Å². The van der Waals surface area contributed by atoms with Crippen LogP contribution in [0.4, 0.5) is 11.4 Å². The number of hydrogen-bond donors (Lipinski definition) is 2. The Balaban J connectivity index is 1.46. The van der Waals surface area contributed by atoms with Gasteiger partial charge in [-0.1, -0.05) is 37.3 Å². The molecular weight excluding hydrogens is 338 g/mol. The number of carbonyl (C=O) groups is 1. The fourth-order valence-corrected chi connectivity index (χ4v) is 3.12. The fraction of sp³-hybridized carbons (Fsp3) is 0.333. The maximum atomic E-state index is 12.4. The maximum absolute atomic E-state index is 12.4. The van der Waals surface area contributed by atoms with Crippen LogP contribution in [0.25, 0.3) is 0 Å². The molecule has 1 aliphatic heterocycles. The molecule has 0 atom stereocenters. The highest BCUT2D eigenvalue weighted by molar-refractivity contribution is 5.93. The van der Waals surface area contributed by atoms with Gasteiger partial charge in [-0.25, -0.2) is 4.99 Å². The SMILES string of the molecule is CCc1ccc(NC(N)=NCC(=O)N2CCN(c3ccccc3)CC2)cc1. The monoisotopic (exact) mass is 365 g/mol. The van der Waals surface area contributed by atoms with Gasteiger partial charge in [-0.05, 0) is 36.2 Å². The number of amides is 1.